The van der Waals surface area contributed by atoms with Crippen LogP contribution in [0.2, 0.25) is 0 Å². The number of anilines is 1. The Balaban J connectivity index is 1.40. The van der Waals surface area contributed by atoms with Gasteiger partial charge in [0, 0.05) is 10.8 Å². The van der Waals surface area contributed by atoms with E-state index in [2.05, 4.69) is 15.6 Å². The van der Waals surface area contributed by atoms with Crippen LogP contribution in [0.4, 0.5) is 5.69 Å². The molecule has 2 N–H and O–H groups in total. The maximum Gasteiger partial charge on any atom is 0.228 e. The lowest BCUT2D eigenvalue weighted by Crippen LogP contribution is -2.28. The Labute approximate surface area is 192 Å². The highest BCUT2D eigenvalue weighted by atomic mass is 32.2. The third-order valence-electron chi connectivity index (χ3n) is 5.76. The molecule has 0 atom stereocenters. The molecule has 2 amide bonds. The van der Waals surface area contributed by atoms with Crippen molar-refractivity contribution in [3.05, 3.63) is 65.5 Å². The summed E-state index contributed by atoms with van der Waals surface area (Å²) < 4.78 is 5.88. The van der Waals surface area contributed by atoms with Gasteiger partial charge in [0.25, 0.3) is 0 Å². The standard InChI is InChI=1S/C25H27N3O3S/c1-16-22(15-26-23(29)14-17-10-12-19(32-2)13-11-17)28-25(31-16)20-8-3-4-9-21(20)27-24(30)18-6-5-7-18/h3-4,8-13,18H,5-7,14-15H2,1-2H3,(H,26,29)(H,27,30). The molecule has 0 radical (unpaired) electrons. The monoisotopic (exact) mass is 449 g/mol. The molecular weight excluding hydrogens is 422 g/mol. The molecule has 1 aliphatic rings. The minimum Gasteiger partial charge on any atom is -0.441 e. The summed E-state index contributed by atoms with van der Waals surface area (Å²) in [5, 5.41) is 5.94. The zero-order chi connectivity index (χ0) is 22.5. The van der Waals surface area contributed by atoms with Gasteiger partial charge >= 0.3 is 0 Å². The Bertz CT molecular complexity index is 1100. The molecule has 1 aromatic heterocycles. The molecule has 32 heavy (non-hydrogen) atoms. The van der Waals surface area contributed by atoms with E-state index in [-0.39, 0.29) is 24.3 Å². The average Bonchev–Trinajstić information content (AvgIpc) is 3.12. The van der Waals surface area contributed by atoms with Crippen molar-refractivity contribution in [3.8, 4) is 11.5 Å². The molecule has 0 aliphatic heterocycles. The summed E-state index contributed by atoms with van der Waals surface area (Å²) in [4.78, 5) is 30.5. The number of nitrogens with zero attached hydrogens (tertiary/aromatic N) is 1. The van der Waals surface area contributed by atoms with E-state index in [1.165, 1.54) is 4.90 Å². The quantitative estimate of drug-likeness (QED) is 0.475. The smallest absolute Gasteiger partial charge is 0.228 e. The number of thioether (sulfide) groups is 1. The molecule has 6 nitrogen and oxygen atoms in total. The third kappa shape index (κ3) is 5.22. The highest BCUT2D eigenvalue weighted by Gasteiger charge is 2.26. The molecule has 0 saturated heterocycles. The zero-order valence-electron chi connectivity index (χ0n) is 18.3. The van der Waals surface area contributed by atoms with Gasteiger partial charge in [-0.1, -0.05) is 30.7 Å². The van der Waals surface area contributed by atoms with E-state index in [0.29, 0.717) is 29.5 Å². The van der Waals surface area contributed by atoms with Gasteiger partial charge in [0.2, 0.25) is 17.7 Å². The second-order valence-corrected chi connectivity index (χ2v) is 8.87. The Morgan fingerprint density at radius 3 is 2.56 bits per heavy atom. The highest BCUT2D eigenvalue weighted by molar-refractivity contribution is 7.98. The number of hydrogen-bond acceptors (Lipinski definition) is 5. The highest BCUT2D eigenvalue weighted by Crippen LogP contribution is 2.32. The summed E-state index contributed by atoms with van der Waals surface area (Å²) in [6.45, 7) is 2.11. The van der Waals surface area contributed by atoms with Crippen LogP contribution in [-0.4, -0.2) is 23.1 Å². The van der Waals surface area contributed by atoms with Crippen molar-refractivity contribution in [2.24, 2.45) is 5.92 Å². The van der Waals surface area contributed by atoms with Crippen LogP contribution < -0.4 is 10.6 Å². The van der Waals surface area contributed by atoms with Crippen LogP contribution in [0.15, 0.2) is 57.8 Å². The molecule has 166 valence electrons. The summed E-state index contributed by atoms with van der Waals surface area (Å²) in [6, 6.07) is 15.5. The summed E-state index contributed by atoms with van der Waals surface area (Å²) in [5.74, 6) is 1.15. The van der Waals surface area contributed by atoms with E-state index in [1.807, 2.05) is 61.7 Å². The van der Waals surface area contributed by atoms with Crippen molar-refractivity contribution < 1.29 is 14.0 Å². The fourth-order valence-corrected chi connectivity index (χ4v) is 3.97. The maximum atomic E-state index is 12.4. The molecule has 0 spiro atoms. The lowest BCUT2D eigenvalue weighted by Gasteiger charge is -2.24. The second kappa shape index (κ2) is 10.0. The number of aryl methyl sites for hydroxylation is 1. The van der Waals surface area contributed by atoms with Gasteiger partial charge in [-0.25, -0.2) is 4.98 Å². The van der Waals surface area contributed by atoms with E-state index in [9.17, 15) is 9.59 Å². The van der Waals surface area contributed by atoms with Crippen LogP contribution in [0.3, 0.4) is 0 Å². The van der Waals surface area contributed by atoms with Gasteiger partial charge in [-0.3, -0.25) is 9.59 Å². The number of benzene rings is 2. The molecule has 0 unspecified atom stereocenters. The van der Waals surface area contributed by atoms with E-state index in [0.717, 1.165) is 30.4 Å². The average molecular weight is 450 g/mol. The number of rotatable bonds is 8. The lowest BCUT2D eigenvalue weighted by molar-refractivity contribution is -0.122. The minimum atomic E-state index is -0.0704. The fourth-order valence-electron chi connectivity index (χ4n) is 3.56. The van der Waals surface area contributed by atoms with Gasteiger partial charge in [0.15, 0.2) is 0 Å². The van der Waals surface area contributed by atoms with Gasteiger partial charge in [-0.2, -0.15) is 0 Å². The van der Waals surface area contributed by atoms with Gasteiger partial charge in [-0.05, 0) is 55.9 Å². The van der Waals surface area contributed by atoms with E-state index < -0.39 is 0 Å². The molecule has 1 fully saturated rings. The predicted molar refractivity (Wildman–Crippen MR) is 126 cm³/mol. The molecule has 7 heteroatoms. The number of carbonyl (C=O) groups is 2. The van der Waals surface area contributed by atoms with Crippen LogP contribution >= 0.6 is 11.8 Å². The Morgan fingerprint density at radius 1 is 1.12 bits per heavy atom. The van der Waals surface area contributed by atoms with Gasteiger partial charge in [0.1, 0.15) is 11.5 Å². The van der Waals surface area contributed by atoms with Crippen molar-refractivity contribution in [1.82, 2.24) is 10.3 Å². The second-order valence-electron chi connectivity index (χ2n) is 7.99. The largest absolute Gasteiger partial charge is 0.441 e. The molecule has 0 bridgehead atoms. The van der Waals surface area contributed by atoms with E-state index in [1.54, 1.807) is 11.8 Å². The molecule has 3 aromatic rings. The maximum absolute atomic E-state index is 12.4. The first-order chi connectivity index (χ1) is 15.5. The van der Waals surface area contributed by atoms with E-state index >= 15 is 0 Å². The van der Waals surface area contributed by atoms with Crippen LogP contribution in [0, 0.1) is 12.8 Å². The van der Waals surface area contributed by atoms with E-state index in [4.69, 9.17) is 4.42 Å². The van der Waals surface area contributed by atoms with Crippen molar-refractivity contribution in [1.29, 1.82) is 0 Å². The Hall–Kier alpha value is -3.06. The number of aromatic nitrogens is 1. The number of nitrogens with one attached hydrogen (secondary N) is 2. The van der Waals surface area contributed by atoms with Gasteiger partial charge in [-0.15, -0.1) is 11.8 Å². The van der Waals surface area contributed by atoms with Crippen LogP contribution in [0.5, 0.6) is 0 Å². The molecule has 1 heterocycles. The fraction of sp³-hybridized carbons (Fsp3) is 0.320. The number of oxazole rings is 1. The molecule has 1 aliphatic carbocycles. The Morgan fingerprint density at radius 2 is 1.88 bits per heavy atom. The third-order valence-corrected chi connectivity index (χ3v) is 6.50. The summed E-state index contributed by atoms with van der Waals surface area (Å²) in [6.07, 6.45) is 5.33. The molecule has 4 rings (SSSR count). The predicted octanol–water partition coefficient (Wildman–Crippen LogP) is 4.97. The van der Waals surface area contributed by atoms with Gasteiger partial charge < -0.3 is 15.1 Å². The normalized spacial score (nSPS) is 13.4. The van der Waals surface area contributed by atoms with Crippen LogP contribution in [0.1, 0.15) is 36.3 Å². The summed E-state index contributed by atoms with van der Waals surface area (Å²) in [7, 11) is 0. The SMILES string of the molecule is CSc1ccc(CC(=O)NCc2nc(-c3ccccc3NC(=O)C3CCC3)oc2C)cc1. The van der Waals surface area contributed by atoms with Crippen LogP contribution in [0.25, 0.3) is 11.5 Å². The molecular formula is C25H27N3O3S. The first-order valence-electron chi connectivity index (χ1n) is 10.8. The van der Waals surface area contributed by atoms with Crippen molar-refractivity contribution in [2.45, 2.75) is 44.0 Å². The number of para-hydroxylation sites is 1. The first kappa shape index (κ1) is 22.1. The summed E-state index contributed by atoms with van der Waals surface area (Å²) >= 11 is 1.67. The van der Waals surface area contributed by atoms with Crippen molar-refractivity contribution >= 4 is 29.3 Å². The van der Waals surface area contributed by atoms with Crippen LogP contribution in [-0.2, 0) is 22.6 Å². The summed E-state index contributed by atoms with van der Waals surface area (Å²) in [5.41, 5.74) is 3.06. The Kier molecular flexibility index (Phi) is 6.95. The lowest BCUT2D eigenvalue weighted by atomic mass is 9.85. The number of carbonyl (C=O) groups excluding carboxylic acids is 2. The molecule has 1 saturated carbocycles. The first-order valence-corrected chi connectivity index (χ1v) is 12.0. The number of hydrogen-bond donors (Lipinski definition) is 2. The van der Waals surface area contributed by atoms with Gasteiger partial charge in [0.05, 0.1) is 24.2 Å². The number of amides is 2. The van der Waals surface area contributed by atoms with Crippen molar-refractivity contribution in [3.63, 3.8) is 0 Å². The topological polar surface area (TPSA) is 84.2 Å². The minimum absolute atomic E-state index is 0.0463. The molecule has 2 aromatic carbocycles. The zero-order valence-corrected chi connectivity index (χ0v) is 19.1. The van der Waals surface area contributed by atoms with Crippen molar-refractivity contribution in [2.75, 3.05) is 11.6 Å².